The second-order valence-electron chi connectivity index (χ2n) is 14.2. The third-order valence-electron chi connectivity index (χ3n) is 11.7. The second kappa shape index (κ2) is 13.5. The summed E-state index contributed by atoms with van der Waals surface area (Å²) >= 11 is 0. The fraction of sp³-hybridized carbons (Fsp3) is 0.730. The maximum absolute atomic E-state index is 13.4. The molecule has 2 fully saturated rings. The minimum Gasteiger partial charge on any atom is -0.446 e. The first-order valence-electron chi connectivity index (χ1n) is 17.2. The van der Waals surface area contributed by atoms with Gasteiger partial charge in [-0.2, -0.15) is 0 Å². The van der Waals surface area contributed by atoms with Crippen LogP contribution in [0.2, 0.25) is 0 Å². The van der Waals surface area contributed by atoms with E-state index < -0.39 is 0 Å². The Kier molecular flexibility index (Phi) is 9.97. The van der Waals surface area contributed by atoms with Crippen LogP contribution in [0.5, 0.6) is 0 Å². The first kappa shape index (κ1) is 30.4. The van der Waals surface area contributed by atoms with Gasteiger partial charge in [0, 0.05) is 31.9 Å². The van der Waals surface area contributed by atoms with E-state index in [-0.39, 0.29) is 23.0 Å². The summed E-state index contributed by atoms with van der Waals surface area (Å²) in [7, 11) is 0. The normalized spacial score (nSPS) is 32.3. The van der Waals surface area contributed by atoms with E-state index in [1.807, 2.05) is 11.1 Å². The molecule has 0 N–H and O–H groups in total. The monoisotopic (exact) mass is 560 g/mol. The number of carbonyl (C=O) groups is 1. The summed E-state index contributed by atoms with van der Waals surface area (Å²) in [5.41, 5.74) is 4.96. The highest BCUT2D eigenvalue weighted by Crippen LogP contribution is 2.66. The third-order valence-corrected chi connectivity index (χ3v) is 11.7. The maximum atomic E-state index is 13.4. The second-order valence-corrected chi connectivity index (χ2v) is 14.2. The number of aromatic nitrogens is 1. The number of amides is 1. The molecule has 0 saturated heterocycles. The van der Waals surface area contributed by atoms with Crippen molar-refractivity contribution in [2.75, 3.05) is 13.1 Å². The van der Waals surface area contributed by atoms with Crippen LogP contribution in [-0.2, 0) is 4.74 Å². The van der Waals surface area contributed by atoms with Crippen molar-refractivity contribution in [3.8, 4) is 0 Å². The summed E-state index contributed by atoms with van der Waals surface area (Å²) in [4.78, 5) is 19.9. The van der Waals surface area contributed by atoms with E-state index in [1.165, 1.54) is 69.8 Å². The molecular formula is C37H56N2O2. The van der Waals surface area contributed by atoms with Gasteiger partial charge in [0.1, 0.15) is 6.10 Å². The van der Waals surface area contributed by atoms with E-state index in [1.54, 1.807) is 11.1 Å². The summed E-state index contributed by atoms with van der Waals surface area (Å²) < 4.78 is 6.28. The van der Waals surface area contributed by atoms with Crippen LogP contribution in [0.1, 0.15) is 130 Å². The Morgan fingerprint density at radius 2 is 1.66 bits per heavy atom. The molecule has 0 aliphatic heterocycles. The Morgan fingerprint density at radius 1 is 0.927 bits per heavy atom. The van der Waals surface area contributed by atoms with Gasteiger partial charge in [0.15, 0.2) is 0 Å². The van der Waals surface area contributed by atoms with Crippen LogP contribution in [-0.4, -0.2) is 35.2 Å². The number of carbonyl (C=O) groups excluding carboxylic acids is 1. The minimum atomic E-state index is -0.0609. The first-order chi connectivity index (χ1) is 19.9. The van der Waals surface area contributed by atoms with Gasteiger partial charge in [-0.15, -0.1) is 0 Å². The lowest BCUT2D eigenvalue weighted by Gasteiger charge is -2.57. The van der Waals surface area contributed by atoms with Gasteiger partial charge in [0.25, 0.3) is 0 Å². The minimum absolute atomic E-state index is 0.0337. The maximum Gasteiger partial charge on any atom is 0.410 e. The molecule has 0 unspecified atom stereocenters. The number of ether oxygens (including phenoxy) is 1. The van der Waals surface area contributed by atoms with Crippen LogP contribution < -0.4 is 0 Å². The van der Waals surface area contributed by atoms with Gasteiger partial charge < -0.3 is 9.64 Å². The van der Waals surface area contributed by atoms with E-state index >= 15 is 0 Å². The summed E-state index contributed by atoms with van der Waals surface area (Å²) in [5, 5.41) is 0. The van der Waals surface area contributed by atoms with Crippen LogP contribution in [0.3, 0.4) is 0 Å². The average Bonchev–Trinajstić information content (AvgIpc) is 3.34. The highest BCUT2D eigenvalue weighted by Gasteiger charge is 2.57. The third kappa shape index (κ3) is 6.32. The van der Waals surface area contributed by atoms with Gasteiger partial charge in [-0.3, -0.25) is 4.98 Å². The zero-order valence-electron chi connectivity index (χ0n) is 26.5. The molecule has 1 amide bonds. The smallest absolute Gasteiger partial charge is 0.410 e. The first-order valence-corrected chi connectivity index (χ1v) is 17.2. The van der Waals surface area contributed by atoms with Gasteiger partial charge in [-0.05, 0) is 97.2 Å². The SMILES string of the molecule is CCCCCCN(CCCCCC)C(=O)O[C@H]1CC[C@@]2(C)C(=CC[C@@H]3[C@@H]2CC[C@]2(C)C(c4cccnc4)=CC[C@@H]32)C1. The van der Waals surface area contributed by atoms with Gasteiger partial charge in [-0.1, -0.05) is 90.0 Å². The molecule has 0 bridgehead atoms. The standard InChI is InChI=1S/C37H56N2O2/c1-5-7-9-11-24-39(25-12-10-8-6-2)35(40)41-30-19-21-36(3)29(26-30)15-16-31-33-18-17-32(28-14-13-23-38-27-28)37(33,4)22-20-34(31)36/h13-15,17,23,27,30-31,33-34H,5-12,16,18-22,24-26H2,1-4H3/t30-,31-,33-,34-,36-,37+/m0/s1. The molecule has 0 spiro atoms. The molecule has 4 aliphatic rings. The Labute approximate surface area is 250 Å². The number of pyridine rings is 1. The fourth-order valence-electron chi connectivity index (χ4n) is 9.24. The molecule has 4 heteroatoms. The van der Waals surface area contributed by atoms with Crippen molar-refractivity contribution in [1.82, 2.24) is 9.88 Å². The van der Waals surface area contributed by atoms with Crippen LogP contribution >= 0.6 is 0 Å². The number of hydrogen-bond donors (Lipinski definition) is 0. The van der Waals surface area contributed by atoms with E-state index in [0.717, 1.165) is 62.9 Å². The molecule has 6 atom stereocenters. The van der Waals surface area contributed by atoms with Gasteiger partial charge in [0.05, 0.1) is 0 Å². The van der Waals surface area contributed by atoms with E-state index in [4.69, 9.17) is 4.74 Å². The van der Waals surface area contributed by atoms with Crippen molar-refractivity contribution < 1.29 is 9.53 Å². The Bertz CT molecular complexity index is 1070. The molecule has 1 aromatic heterocycles. The van der Waals surface area contributed by atoms with E-state index in [0.29, 0.717) is 0 Å². The molecule has 2 saturated carbocycles. The lowest BCUT2D eigenvalue weighted by Crippen LogP contribution is -2.50. The lowest BCUT2D eigenvalue weighted by molar-refractivity contribution is -0.0295. The van der Waals surface area contributed by atoms with Gasteiger partial charge >= 0.3 is 6.09 Å². The predicted molar refractivity (Wildman–Crippen MR) is 169 cm³/mol. The van der Waals surface area contributed by atoms with Gasteiger partial charge in [-0.25, -0.2) is 4.79 Å². The molecule has 1 aromatic rings. The van der Waals surface area contributed by atoms with Crippen molar-refractivity contribution in [3.63, 3.8) is 0 Å². The Morgan fingerprint density at radius 3 is 2.34 bits per heavy atom. The van der Waals surface area contributed by atoms with Crippen molar-refractivity contribution in [2.24, 2.45) is 28.6 Å². The Balaban J connectivity index is 1.22. The number of hydrogen-bond acceptors (Lipinski definition) is 3. The zero-order chi connectivity index (χ0) is 28.9. The number of fused-ring (bicyclic) bond motifs is 5. The largest absolute Gasteiger partial charge is 0.446 e. The molecular weight excluding hydrogens is 504 g/mol. The molecule has 4 aliphatic carbocycles. The van der Waals surface area contributed by atoms with E-state index in [9.17, 15) is 4.79 Å². The summed E-state index contributed by atoms with van der Waals surface area (Å²) in [6.07, 6.45) is 26.6. The topological polar surface area (TPSA) is 42.4 Å². The summed E-state index contributed by atoms with van der Waals surface area (Å²) in [5.74, 6) is 2.21. The molecule has 226 valence electrons. The molecule has 4 nitrogen and oxygen atoms in total. The highest BCUT2D eigenvalue weighted by molar-refractivity contribution is 5.72. The van der Waals surface area contributed by atoms with Crippen molar-refractivity contribution in [1.29, 1.82) is 0 Å². The highest BCUT2D eigenvalue weighted by atomic mass is 16.6. The molecule has 0 aromatic carbocycles. The van der Waals surface area contributed by atoms with E-state index in [2.05, 4.69) is 63.2 Å². The summed E-state index contributed by atoms with van der Waals surface area (Å²) in [6, 6.07) is 4.33. The van der Waals surface area contributed by atoms with Crippen LogP contribution in [0, 0.1) is 28.6 Å². The molecule has 1 heterocycles. The van der Waals surface area contributed by atoms with Crippen molar-refractivity contribution in [2.45, 2.75) is 130 Å². The van der Waals surface area contributed by atoms with Crippen LogP contribution in [0.4, 0.5) is 4.79 Å². The number of rotatable bonds is 12. The number of nitrogens with zero attached hydrogens (tertiary/aromatic N) is 2. The molecule has 5 rings (SSSR count). The average molecular weight is 561 g/mol. The fourth-order valence-corrected chi connectivity index (χ4v) is 9.24. The molecule has 0 radical (unpaired) electrons. The number of unbranched alkanes of at least 4 members (excludes halogenated alkanes) is 6. The van der Waals surface area contributed by atoms with Crippen molar-refractivity contribution >= 4 is 11.7 Å². The summed E-state index contributed by atoms with van der Waals surface area (Å²) in [6.45, 7) is 11.3. The van der Waals surface area contributed by atoms with Crippen molar-refractivity contribution in [3.05, 3.63) is 47.8 Å². The predicted octanol–water partition coefficient (Wildman–Crippen LogP) is 10.0. The van der Waals surface area contributed by atoms with Crippen LogP contribution in [0.25, 0.3) is 5.57 Å². The zero-order valence-corrected chi connectivity index (χ0v) is 26.5. The van der Waals surface area contributed by atoms with Gasteiger partial charge in [0.2, 0.25) is 0 Å². The molecule has 41 heavy (non-hydrogen) atoms. The van der Waals surface area contributed by atoms with Crippen LogP contribution in [0.15, 0.2) is 42.3 Å². The Hall–Kier alpha value is -2.10. The number of allylic oxidation sites excluding steroid dienone is 3. The lowest BCUT2D eigenvalue weighted by atomic mass is 9.47. The quantitative estimate of drug-likeness (QED) is 0.189.